The number of unbranched alkanes of at least 4 members (excludes halogenated alkanes) is 2. The van der Waals surface area contributed by atoms with Gasteiger partial charge in [0.1, 0.15) is 0 Å². The van der Waals surface area contributed by atoms with Gasteiger partial charge in [-0.3, -0.25) is 4.79 Å². The van der Waals surface area contributed by atoms with Crippen molar-refractivity contribution in [2.75, 3.05) is 6.61 Å². The zero-order chi connectivity index (χ0) is 14.0. The van der Waals surface area contributed by atoms with E-state index in [4.69, 9.17) is 9.78 Å². The summed E-state index contributed by atoms with van der Waals surface area (Å²) in [6, 6.07) is 6.34. The summed E-state index contributed by atoms with van der Waals surface area (Å²) in [5.74, 6) is 0.853. The van der Waals surface area contributed by atoms with Crippen molar-refractivity contribution in [2.45, 2.75) is 44.9 Å². The molecule has 0 unspecified atom stereocenters. The van der Waals surface area contributed by atoms with Crippen LogP contribution in [0.25, 0.3) is 0 Å². The van der Waals surface area contributed by atoms with Gasteiger partial charge in [0, 0.05) is 6.42 Å². The molecule has 0 fully saturated rings. The molecule has 0 bridgehead atoms. The van der Waals surface area contributed by atoms with Crippen LogP contribution in [0.2, 0.25) is 0 Å². The van der Waals surface area contributed by atoms with Crippen LogP contribution in [0.15, 0.2) is 30.4 Å². The van der Waals surface area contributed by atoms with Crippen molar-refractivity contribution in [2.24, 2.45) is 0 Å². The molecule has 0 spiro atoms. The molecule has 0 saturated heterocycles. The van der Waals surface area contributed by atoms with Gasteiger partial charge in [0.25, 0.3) is 0 Å². The van der Waals surface area contributed by atoms with Crippen molar-refractivity contribution in [1.82, 2.24) is 0 Å². The Balaban J connectivity index is 1.89. The summed E-state index contributed by atoms with van der Waals surface area (Å²) in [7, 11) is 0. The Morgan fingerprint density at radius 1 is 1.25 bits per heavy atom. The average Bonchev–Trinajstić information content (AvgIpc) is 2.44. The lowest BCUT2D eigenvalue weighted by Gasteiger charge is -2.14. The van der Waals surface area contributed by atoms with Crippen LogP contribution in [0.1, 0.15) is 43.2 Å². The first-order valence-electron chi connectivity index (χ1n) is 7.31. The minimum atomic E-state index is 0.522. The molecule has 0 amide bonds. The van der Waals surface area contributed by atoms with Crippen LogP contribution in [0.4, 0.5) is 0 Å². The third-order valence-electron chi connectivity index (χ3n) is 3.37. The van der Waals surface area contributed by atoms with Crippen molar-refractivity contribution >= 4 is 6.29 Å². The number of aryl methyl sites for hydroxylation is 1. The molecule has 0 aliphatic carbocycles. The van der Waals surface area contributed by atoms with E-state index in [1.165, 1.54) is 11.1 Å². The Hall–Kier alpha value is -1.61. The maximum absolute atomic E-state index is 10.1. The lowest BCUT2D eigenvalue weighted by atomic mass is 10.0. The van der Waals surface area contributed by atoms with Gasteiger partial charge in [-0.15, -0.1) is 0 Å². The molecule has 20 heavy (non-hydrogen) atoms. The highest BCUT2D eigenvalue weighted by molar-refractivity contribution is 5.50. The standard InChI is InChI=1S/C17H21O3/c18-12-6-3-1-2-4-8-15-10-11-16-9-5-7-13-19-20-17(16)14-15/h2,4,10-11,14H,1,3,5-9,13H2/b4-2+. The molecule has 0 atom stereocenters. The summed E-state index contributed by atoms with van der Waals surface area (Å²) in [6.07, 6.45) is 12.6. The molecular weight excluding hydrogens is 252 g/mol. The molecule has 0 aromatic heterocycles. The highest BCUT2D eigenvalue weighted by Crippen LogP contribution is 2.25. The van der Waals surface area contributed by atoms with Gasteiger partial charge in [0.15, 0.2) is 12.0 Å². The molecule has 0 saturated carbocycles. The molecule has 1 radical (unpaired) electrons. The van der Waals surface area contributed by atoms with Gasteiger partial charge in [-0.1, -0.05) is 24.3 Å². The van der Waals surface area contributed by atoms with Gasteiger partial charge in [-0.25, -0.2) is 0 Å². The Morgan fingerprint density at radius 2 is 2.20 bits per heavy atom. The third kappa shape index (κ3) is 4.82. The molecule has 2 rings (SSSR count). The van der Waals surface area contributed by atoms with E-state index in [1.54, 1.807) is 0 Å². The monoisotopic (exact) mass is 273 g/mol. The van der Waals surface area contributed by atoms with Crippen molar-refractivity contribution in [3.63, 3.8) is 0 Å². The summed E-state index contributed by atoms with van der Waals surface area (Å²) < 4.78 is 0. The summed E-state index contributed by atoms with van der Waals surface area (Å²) in [5, 5.41) is 0. The van der Waals surface area contributed by atoms with Gasteiger partial charge < -0.3 is 4.89 Å². The number of rotatable bonds is 6. The van der Waals surface area contributed by atoms with Crippen molar-refractivity contribution in [3.8, 4) is 5.75 Å². The van der Waals surface area contributed by atoms with Gasteiger partial charge >= 0.3 is 0 Å². The van der Waals surface area contributed by atoms with E-state index in [0.717, 1.165) is 44.3 Å². The zero-order valence-electron chi connectivity index (χ0n) is 11.8. The fraction of sp³-hybridized carbons (Fsp3) is 0.471. The van der Waals surface area contributed by atoms with Gasteiger partial charge in [-0.05, 0) is 55.7 Å². The Kier molecular flexibility index (Phi) is 6.32. The van der Waals surface area contributed by atoms with Crippen LogP contribution in [-0.4, -0.2) is 12.9 Å². The van der Waals surface area contributed by atoms with E-state index >= 15 is 0 Å². The number of hydrogen-bond acceptors (Lipinski definition) is 3. The third-order valence-corrected chi connectivity index (χ3v) is 3.37. The fourth-order valence-electron chi connectivity index (χ4n) is 2.22. The molecular formula is C17H21O3. The summed E-state index contributed by atoms with van der Waals surface area (Å²) in [5.41, 5.74) is 2.44. The molecule has 1 aliphatic heterocycles. The lowest BCUT2D eigenvalue weighted by Crippen LogP contribution is -2.06. The van der Waals surface area contributed by atoms with Crippen molar-refractivity contribution in [1.29, 1.82) is 0 Å². The summed E-state index contributed by atoms with van der Waals surface area (Å²) in [4.78, 5) is 20.6. The maximum atomic E-state index is 10.1. The number of carbonyl (C=O) groups excluding carboxylic acids is 1. The normalized spacial score (nSPS) is 15.2. The minimum Gasteiger partial charge on any atom is -0.337 e. The SMILES string of the molecule is O=[C]CCC/C=C/Cc1ccc2c(c1)OOCCCC2. The van der Waals surface area contributed by atoms with Crippen molar-refractivity contribution in [3.05, 3.63) is 41.5 Å². The Morgan fingerprint density at radius 3 is 3.10 bits per heavy atom. The van der Waals surface area contributed by atoms with Crippen molar-refractivity contribution < 1.29 is 14.6 Å². The van der Waals surface area contributed by atoms with Gasteiger partial charge in [0.2, 0.25) is 0 Å². The van der Waals surface area contributed by atoms with Crippen LogP contribution in [0, 0.1) is 0 Å². The molecule has 107 valence electrons. The predicted molar refractivity (Wildman–Crippen MR) is 78.3 cm³/mol. The second-order valence-corrected chi connectivity index (χ2v) is 5.02. The lowest BCUT2D eigenvalue weighted by molar-refractivity contribution is -0.209. The van der Waals surface area contributed by atoms with E-state index in [9.17, 15) is 4.79 Å². The van der Waals surface area contributed by atoms with Crippen LogP contribution in [0.3, 0.4) is 0 Å². The van der Waals surface area contributed by atoms with Crippen LogP contribution in [0.5, 0.6) is 5.75 Å². The molecule has 1 aromatic rings. The first kappa shape index (κ1) is 14.8. The average molecular weight is 273 g/mol. The highest BCUT2D eigenvalue weighted by Gasteiger charge is 2.09. The number of allylic oxidation sites excluding steroid dienone is 2. The first-order valence-corrected chi connectivity index (χ1v) is 7.31. The zero-order valence-corrected chi connectivity index (χ0v) is 11.8. The second kappa shape index (κ2) is 8.54. The topological polar surface area (TPSA) is 35.5 Å². The van der Waals surface area contributed by atoms with E-state index in [2.05, 4.69) is 30.4 Å². The highest BCUT2D eigenvalue weighted by atomic mass is 17.2. The molecule has 1 aromatic carbocycles. The fourth-order valence-corrected chi connectivity index (χ4v) is 2.22. The number of hydrogen-bond donors (Lipinski definition) is 0. The Bertz CT molecular complexity index is 452. The quantitative estimate of drug-likeness (QED) is 0.450. The van der Waals surface area contributed by atoms with Gasteiger partial charge in [-0.2, -0.15) is 4.89 Å². The first-order chi connectivity index (χ1) is 9.90. The van der Waals surface area contributed by atoms with Gasteiger partial charge in [0.05, 0.1) is 6.61 Å². The van der Waals surface area contributed by atoms with E-state index in [1.807, 2.05) is 6.29 Å². The van der Waals surface area contributed by atoms with Crippen LogP contribution < -0.4 is 4.89 Å². The molecule has 3 nitrogen and oxygen atoms in total. The number of fused-ring (bicyclic) bond motifs is 1. The number of benzene rings is 1. The Labute approximate surface area is 120 Å². The van der Waals surface area contributed by atoms with E-state index < -0.39 is 0 Å². The van der Waals surface area contributed by atoms with E-state index in [-0.39, 0.29) is 0 Å². The molecule has 0 N–H and O–H groups in total. The maximum Gasteiger partial charge on any atom is 0.198 e. The predicted octanol–water partition coefficient (Wildman–Crippen LogP) is 3.71. The second-order valence-electron chi connectivity index (χ2n) is 5.02. The minimum absolute atomic E-state index is 0.522. The molecule has 1 aliphatic rings. The summed E-state index contributed by atoms with van der Waals surface area (Å²) in [6.45, 7) is 0.664. The summed E-state index contributed by atoms with van der Waals surface area (Å²) >= 11 is 0. The molecule has 3 heteroatoms. The largest absolute Gasteiger partial charge is 0.337 e. The molecule has 1 heterocycles. The van der Waals surface area contributed by atoms with E-state index in [0.29, 0.717) is 13.0 Å². The van der Waals surface area contributed by atoms with Crippen LogP contribution in [-0.2, 0) is 22.5 Å². The smallest absolute Gasteiger partial charge is 0.198 e. The van der Waals surface area contributed by atoms with Crippen LogP contribution >= 0.6 is 0 Å².